The molecule has 0 spiro atoms. The van der Waals surface area contributed by atoms with Crippen molar-refractivity contribution in [2.75, 3.05) is 6.67 Å². The average molecular weight is 222 g/mol. The van der Waals surface area contributed by atoms with E-state index in [2.05, 4.69) is 0 Å². The van der Waals surface area contributed by atoms with E-state index in [-0.39, 0.29) is 0 Å². The zero-order valence-corrected chi connectivity index (χ0v) is 7.09. The van der Waals surface area contributed by atoms with Crippen LogP contribution >= 0.6 is 0 Å². The molecule has 86 valence electrons. The summed E-state index contributed by atoms with van der Waals surface area (Å²) in [6.45, 7) is -1.20. The molecule has 4 unspecified atom stereocenters. The number of rotatable bonds is 6. The molecule has 0 aromatic carbocycles. The Hall–Kier alpha value is -0.430. The van der Waals surface area contributed by atoms with Gasteiger partial charge in [-0.1, -0.05) is 0 Å². The van der Waals surface area contributed by atoms with Gasteiger partial charge in [0.15, 0.2) is 24.8 Å². The normalized spacial score (nSPS) is 20.6. The van der Waals surface area contributed by atoms with Gasteiger partial charge in [-0.3, -0.25) is 4.39 Å². The molecule has 0 aliphatic rings. The molecule has 0 aromatic heterocycles. The third-order valence-corrected chi connectivity index (χ3v) is 1.62. The van der Waals surface area contributed by atoms with Crippen molar-refractivity contribution in [3.63, 3.8) is 0 Å². The topological polar surface area (TPSA) is 40.5 Å². The van der Waals surface area contributed by atoms with Gasteiger partial charge in [-0.15, -0.1) is 0 Å². The van der Waals surface area contributed by atoms with E-state index in [4.69, 9.17) is 10.2 Å². The van der Waals surface area contributed by atoms with Crippen molar-refractivity contribution in [3.05, 3.63) is 0 Å². The summed E-state index contributed by atoms with van der Waals surface area (Å²) in [5.74, 6) is 0. The lowest BCUT2D eigenvalue weighted by Crippen LogP contribution is -2.41. The first kappa shape index (κ1) is 13.6. The lowest BCUT2D eigenvalue weighted by molar-refractivity contribution is -0.128. The molecule has 0 amide bonds. The van der Waals surface area contributed by atoms with Crippen molar-refractivity contribution in [1.82, 2.24) is 0 Å². The molecule has 0 heterocycles. The standard InChI is InChI=1S/C7H11F5O2/c8-2-1-3(9)4(10)5(11)6(12)7(13)14/h3-7,13-14H,1-2H2. The van der Waals surface area contributed by atoms with Crippen molar-refractivity contribution in [3.8, 4) is 0 Å². The Morgan fingerprint density at radius 1 is 0.857 bits per heavy atom. The molecule has 2 N–H and O–H groups in total. The third kappa shape index (κ3) is 3.75. The fourth-order valence-electron chi connectivity index (χ4n) is 0.803. The molecule has 0 radical (unpaired) electrons. The lowest BCUT2D eigenvalue weighted by Gasteiger charge is -2.20. The fourth-order valence-corrected chi connectivity index (χ4v) is 0.803. The lowest BCUT2D eigenvalue weighted by atomic mass is 10.1. The highest BCUT2D eigenvalue weighted by Gasteiger charge is 2.38. The number of aliphatic hydroxyl groups is 2. The van der Waals surface area contributed by atoms with Gasteiger partial charge in [0.2, 0.25) is 0 Å². The SMILES string of the molecule is OC(O)C(F)C(F)C(F)C(F)CCF. The highest BCUT2D eigenvalue weighted by Crippen LogP contribution is 2.20. The Labute approximate surface area is 77.3 Å². The minimum Gasteiger partial charge on any atom is -0.366 e. The van der Waals surface area contributed by atoms with Gasteiger partial charge < -0.3 is 10.2 Å². The van der Waals surface area contributed by atoms with Gasteiger partial charge in [0, 0.05) is 6.42 Å². The minimum absolute atomic E-state index is 0.893. The van der Waals surface area contributed by atoms with Gasteiger partial charge in [-0.25, -0.2) is 17.6 Å². The molecule has 0 aliphatic carbocycles. The molecule has 0 saturated heterocycles. The zero-order chi connectivity index (χ0) is 11.3. The molecule has 0 aromatic rings. The number of aliphatic hydroxyl groups excluding tert-OH is 1. The van der Waals surface area contributed by atoms with E-state index in [1.807, 2.05) is 0 Å². The number of halogens is 5. The van der Waals surface area contributed by atoms with Gasteiger partial charge in [0.25, 0.3) is 0 Å². The zero-order valence-electron chi connectivity index (χ0n) is 7.09. The van der Waals surface area contributed by atoms with E-state index in [1.54, 1.807) is 0 Å². The van der Waals surface area contributed by atoms with Gasteiger partial charge in [-0.2, -0.15) is 0 Å². The molecule has 7 heteroatoms. The second-order valence-electron chi connectivity index (χ2n) is 2.74. The van der Waals surface area contributed by atoms with Crippen LogP contribution in [0, 0.1) is 0 Å². The number of hydrogen-bond donors (Lipinski definition) is 2. The summed E-state index contributed by atoms with van der Waals surface area (Å²) in [5, 5.41) is 16.3. The highest BCUT2D eigenvalue weighted by molar-refractivity contribution is 4.83. The Morgan fingerprint density at radius 3 is 1.71 bits per heavy atom. The summed E-state index contributed by atoms with van der Waals surface area (Å²) in [6, 6.07) is 0. The van der Waals surface area contributed by atoms with Crippen LogP contribution in [0.1, 0.15) is 6.42 Å². The van der Waals surface area contributed by atoms with Crippen molar-refractivity contribution in [1.29, 1.82) is 0 Å². The second kappa shape index (κ2) is 6.13. The molecular weight excluding hydrogens is 211 g/mol. The Balaban J connectivity index is 4.15. The second-order valence-corrected chi connectivity index (χ2v) is 2.74. The summed E-state index contributed by atoms with van der Waals surface area (Å²) >= 11 is 0. The van der Waals surface area contributed by atoms with Crippen LogP contribution in [0.25, 0.3) is 0 Å². The first-order valence-electron chi connectivity index (χ1n) is 3.90. The maximum atomic E-state index is 12.6. The molecule has 0 aliphatic heterocycles. The van der Waals surface area contributed by atoms with Crippen molar-refractivity contribution in [2.24, 2.45) is 0 Å². The molecular formula is C7H11F5O2. The van der Waals surface area contributed by atoms with Crippen LogP contribution in [0.15, 0.2) is 0 Å². The highest BCUT2D eigenvalue weighted by atomic mass is 19.2. The maximum absolute atomic E-state index is 12.6. The van der Waals surface area contributed by atoms with Crippen LogP contribution in [-0.2, 0) is 0 Å². The van der Waals surface area contributed by atoms with Crippen molar-refractivity contribution < 1.29 is 32.2 Å². The van der Waals surface area contributed by atoms with Crippen LogP contribution in [-0.4, -0.2) is 47.9 Å². The molecule has 2 nitrogen and oxygen atoms in total. The summed E-state index contributed by atoms with van der Waals surface area (Å²) < 4.78 is 61.6. The largest absolute Gasteiger partial charge is 0.366 e. The summed E-state index contributed by atoms with van der Waals surface area (Å²) in [6.07, 6.45) is -15.0. The van der Waals surface area contributed by atoms with Gasteiger partial charge >= 0.3 is 0 Å². The summed E-state index contributed by atoms with van der Waals surface area (Å²) in [4.78, 5) is 0. The van der Waals surface area contributed by atoms with Gasteiger partial charge in [0.05, 0.1) is 6.67 Å². The molecule has 0 fully saturated rings. The van der Waals surface area contributed by atoms with Gasteiger partial charge in [0.1, 0.15) is 6.17 Å². The predicted octanol–water partition coefficient (Wildman–Crippen LogP) is 1.01. The van der Waals surface area contributed by atoms with Crippen LogP contribution in [0.2, 0.25) is 0 Å². The van der Waals surface area contributed by atoms with Crippen LogP contribution in [0.4, 0.5) is 22.0 Å². The first-order chi connectivity index (χ1) is 6.41. The van der Waals surface area contributed by atoms with E-state index >= 15 is 0 Å². The minimum atomic E-state index is -3.02. The molecule has 14 heavy (non-hydrogen) atoms. The fraction of sp³-hybridized carbons (Fsp3) is 1.00. The monoisotopic (exact) mass is 222 g/mol. The van der Waals surface area contributed by atoms with E-state index in [0.29, 0.717) is 0 Å². The van der Waals surface area contributed by atoms with Gasteiger partial charge in [-0.05, 0) is 0 Å². The van der Waals surface area contributed by atoms with Crippen molar-refractivity contribution >= 4 is 0 Å². The van der Waals surface area contributed by atoms with E-state index < -0.39 is 44.1 Å². The third-order valence-electron chi connectivity index (χ3n) is 1.62. The Bertz CT molecular complexity index is 157. The molecule has 4 atom stereocenters. The molecule has 0 rings (SSSR count). The summed E-state index contributed by atoms with van der Waals surface area (Å²) in [5.41, 5.74) is 0. The molecule has 0 bridgehead atoms. The average Bonchev–Trinajstić information content (AvgIpc) is 2.14. The smallest absolute Gasteiger partial charge is 0.186 e. The summed E-state index contributed by atoms with van der Waals surface area (Å²) in [7, 11) is 0. The Morgan fingerprint density at radius 2 is 1.36 bits per heavy atom. The van der Waals surface area contributed by atoms with Crippen LogP contribution in [0.5, 0.6) is 0 Å². The Kier molecular flexibility index (Phi) is 5.94. The first-order valence-corrected chi connectivity index (χ1v) is 3.90. The van der Waals surface area contributed by atoms with E-state index in [0.717, 1.165) is 0 Å². The van der Waals surface area contributed by atoms with Crippen LogP contribution < -0.4 is 0 Å². The predicted molar refractivity (Wildman–Crippen MR) is 38.4 cm³/mol. The van der Waals surface area contributed by atoms with Crippen LogP contribution in [0.3, 0.4) is 0 Å². The number of alkyl halides is 5. The van der Waals surface area contributed by atoms with Crippen molar-refractivity contribution in [2.45, 2.75) is 37.4 Å². The van der Waals surface area contributed by atoms with E-state index in [1.165, 1.54) is 0 Å². The number of hydrogen-bond acceptors (Lipinski definition) is 2. The quantitative estimate of drug-likeness (QED) is 0.520. The molecule has 0 saturated carbocycles. The maximum Gasteiger partial charge on any atom is 0.186 e. The van der Waals surface area contributed by atoms with E-state index in [9.17, 15) is 22.0 Å².